The maximum absolute atomic E-state index is 3.82. The highest BCUT2D eigenvalue weighted by Gasteiger charge is 2.23. The molecule has 0 aromatic carbocycles. The zero-order valence-corrected chi connectivity index (χ0v) is 13.3. The van der Waals surface area contributed by atoms with Crippen LogP contribution in [-0.2, 0) is 0 Å². The first-order valence-corrected chi connectivity index (χ1v) is 8.63. The van der Waals surface area contributed by atoms with Crippen LogP contribution in [0.25, 0.3) is 0 Å². The molecule has 1 aliphatic carbocycles. The number of nitrogens with zero attached hydrogens (tertiary/aromatic N) is 1. The van der Waals surface area contributed by atoms with E-state index in [9.17, 15) is 0 Å². The van der Waals surface area contributed by atoms with Crippen molar-refractivity contribution in [3.8, 4) is 0 Å². The molecule has 16 heavy (non-hydrogen) atoms. The largest absolute Gasteiger partial charge is 0.309 e. The van der Waals surface area contributed by atoms with Crippen LogP contribution in [-0.4, -0.2) is 43.5 Å². The highest BCUT2D eigenvalue weighted by molar-refractivity contribution is 9.11. The summed E-state index contributed by atoms with van der Waals surface area (Å²) in [5, 5.41) is 0. The Bertz CT molecular complexity index is 280. The summed E-state index contributed by atoms with van der Waals surface area (Å²) in [6.45, 7) is 5.78. The monoisotopic (exact) mass is 303 g/mol. The fraction of sp³-hybridized carbons (Fsp3) is 0.692. The summed E-state index contributed by atoms with van der Waals surface area (Å²) >= 11 is 3.82. The van der Waals surface area contributed by atoms with Gasteiger partial charge in [0.2, 0.25) is 0 Å². The molecule has 0 amide bonds. The molecule has 1 rings (SSSR count). The second-order valence-corrected chi connectivity index (χ2v) is 8.30. The molecule has 0 spiro atoms. The van der Waals surface area contributed by atoms with E-state index in [1.807, 2.05) is 0 Å². The van der Waals surface area contributed by atoms with Crippen molar-refractivity contribution < 1.29 is 0 Å². The molecule has 0 fully saturated rings. The minimum absolute atomic E-state index is 0.145. The van der Waals surface area contributed by atoms with Gasteiger partial charge in [-0.1, -0.05) is 49.9 Å². The van der Waals surface area contributed by atoms with Crippen LogP contribution in [0.5, 0.6) is 0 Å². The molecule has 1 unspecified atom stereocenters. The smallest absolute Gasteiger partial charge is 0.0292 e. The van der Waals surface area contributed by atoms with E-state index < -0.39 is 0 Å². The Labute approximate surface area is 110 Å². The molecule has 1 atom stereocenters. The zero-order chi connectivity index (χ0) is 12.1. The maximum atomic E-state index is 3.82. The van der Waals surface area contributed by atoms with Crippen LogP contribution in [0.1, 0.15) is 20.3 Å². The molecule has 0 N–H and O–H groups in total. The van der Waals surface area contributed by atoms with Gasteiger partial charge in [0.05, 0.1) is 0 Å². The van der Waals surface area contributed by atoms with Gasteiger partial charge in [0.15, 0.2) is 0 Å². The summed E-state index contributed by atoms with van der Waals surface area (Å²) in [6, 6.07) is 0. The van der Waals surface area contributed by atoms with E-state index in [0.29, 0.717) is 5.66 Å². The second kappa shape index (κ2) is 6.93. The second-order valence-electron chi connectivity index (χ2n) is 4.45. The van der Waals surface area contributed by atoms with Gasteiger partial charge in [-0.05, 0) is 38.4 Å². The molecule has 0 saturated carbocycles. The number of hydrogen-bond acceptors (Lipinski definition) is 1. The lowest BCUT2D eigenvalue weighted by Crippen LogP contribution is -2.13. The molecular weight excluding hydrogens is 281 g/mol. The molecule has 0 bridgehead atoms. The first kappa shape index (κ1) is 14.4. The van der Waals surface area contributed by atoms with E-state index in [0.717, 1.165) is 13.0 Å². The third kappa shape index (κ3) is 3.68. The molecule has 3 heteroatoms. The van der Waals surface area contributed by atoms with E-state index in [2.05, 4.69) is 60.9 Å². The lowest BCUT2D eigenvalue weighted by atomic mass is 10.2. The van der Waals surface area contributed by atoms with Crippen LogP contribution in [0.4, 0.5) is 0 Å². The van der Waals surface area contributed by atoms with Gasteiger partial charge in [0.25, 0.3) is 0 Å². The molecule has 0 aromatic rings. The summed E-state index contributed by atoms with van der Waals surface area (Å²) in [4.78, 5) is 2.25. The van der Waals surface area contributed by atoms with Gasteiger partial charge in [0.1, 0.15) is 0 Å². The minimum atomic E-state index is 0.145. The predicted molar refractivity (Wildman–Crippen MR) is 80.1 cm³/mol. The van der Waals surface area contributed by atoms with Crippen molar-refractivity contribution >= 4 is 23.9 Å². The van der Waals surface area contributed by atoms with Crippen molar-refractivity contribution in [3.63, 3.8) is 0 Å². The van der Waals surface area contributed by atoms with Crippen molar-refractivity contribution in [3.05, 3.63) is 22.2 Å². The molecular formula is C13H23BrNP. The Kier molecular flexibility index (Phi) is 6.25. The summed E-state index contributed by atoms with van der Waals surface area (Å²) < 4.78 is 1.46. The third-order valence-electron chi connectivity index (χ3n) is 3.08. The van der Waals surface area contributed by atoms with E-state index in [4.69, 9.17) is 0 Å². The fourth-order valence-corrected chi connectivity index (χ4v) is 5.41. The SMILES string of the molecule is CCP(CC)C1C=CC(CCN(C)C)=C1Br. The number of allylic oxidation sites excluding steroid dienone is 3. The maximum Gasteiger partial charge on any atom is 0.0292 e. The quantitative estimate of drug-likeness (QED) is 0.669. The van der Waals surface area contributed by atoms with Crippen LogP contribution >= 0.6 is 23.9 Å². The van der Waals surface area contributed by atoms with Gasteiger partial charge < -0.3 is 4.90 Å². The Morgan fingerprint density at radius 2 is 1.94 bits per heavy atom. The van der Waals surface area contributed by atoms with Crippen molar-refractivity contribution in [2.24, 2.45) is 0 Å². The van der Waals surface area contributed by atoms with Crippen LogP contribution < -0.4 is 0 Å². The fourth-order valence-electron chi connectivity index (χ4n) is 2.01. The van der Waals surface area contributed by atoms with E-state index >= 15 is 0 Å². The summed E-state index contributed by atoms with van der Waals surface area (Å²) in [7, 11) is 4.41. The Balaban J connectivity index is 2.63. The van der Waals surface area contributed by atoms with Gasteiger partial charge in [0, 0.05) is 16.7 Å². The van der Waals surface area contributed by atoms with Crippen LogP contribution in [0.3, 0.4) is 0 Å². The van der Waals surface area contributed by atoms with Crippen molar-refractivity contribution in [2.75, 3.05) is 33.0 Å². The average Bonchev–Trinajstić information content (AvgIpc) is 2.60. The van der Waals surface area contributed by atoms with Gasteiger partial charge in [-0.2, -0.15) is 0 Å². The number of rotatable bonds is 6. The Hall–Kier alpha value is 0.350. The standard InChI is InChI=1S/C13H23BrNP/c1-5-16(6-2)12-8-7-11(13(12)14)9-10-15(3)4/h7-8,12H,5-6,9-10H2,1-4H3. The van der Waals surface area contributed by atoms with Gasteiger partial charge in [-0.3, -0.25) is 0 Å². The normalized spacial score (nSPS) is 20.6. The lowest BCUT2D eigenvalue weighted by molar-refractivity contribution is 0.414. The molecule has 1 aliphatic rings. The molecule has 0 heterocycles. The molecule has 0 radical (unpaired) electrons. The van der Waals surface area contributed by atoms with Crippen LogP contribution in [0.2, 0.25) is 0 Å². The number of hydrogen-bond donors (Lipinski definition) is 0. The molecule has 0 aliphatic heterocycles. The zero-order valence-electron chi connectivity index (χ0n) is 10.8. The van der Waals surface area contributed by atoms with Crippen molar-refractivity contribution in [1.29, 1.82) is 0 Å². The number of halogens is 1. The van der Waals surface area contributed by atoms with Gasteiger partial charge >= 0.3 is 0 Å². The molecule has 0 saturated heterocycles. The predicted octanol–water partition coefficient (Wildman–Crippen LogP) is 4.05. The lowest BCUT2D eigenvalue weighted by Gasteiger charge is -2.21. The first-order valence-electron chi connectivity index (χ1n) is 6.05. The van der Waals surface area contributed by atoms with Gasteiger partial charge in [-0.15, -0.1) is 0 Å². The molecule has 92 valence electrons. The first-order chi connectivity index (χ1) is 7.60. The minimum Gasteiger partial charge on any atom is -0.309 e. The third-order valence-corrected chi connectivity index (χ3v) is 7.28. The highest BCUT2D eigenvalue weighted by atomic mass is 79.9. The average molecular weight is 304 g/mol. The van der Waals surface area contributed by atoms with E-state index in [1.165, 1.54) is 22.4 Å². The summed E-state index contributed by atoms with van der Waals surface area (Å²) in [5.41, 5.74) is 2.20. The van der Waals surface area contributed by atoms with Crippen LogP contribution in [0, 0.1) is 0 Å². The molecule has 0 aromatic heterocycles. The van der Waals surface area contributed by atoms with E-state index in [-0.39, 0.29) is 7.92 Å². The Morgan fingerprint density at radius 3 is 2.44 bits per heavy atom. The van der Waals surface area contributed by atoms with Crippen LogP contribution in [0.15, 0.2) is 22.2 Å². The summed E-state index contributed by atoms with van der Waals surface area (Å²) in [5.74, 6) is 0. The van der Waals surface area contributed by atoms with E-state index in [1.54, 1.807) is 0 Å². The highest BCUT2D eigenvalue weighted by Crippen LogP contribution is 2.49. The molecule has 1 nitrogen and oxygen atoms in total. The van der Waals surface area contributed by atoms with Crippen molar-refractivity contribution in [1.82, 2.24) is 4.90 Å². The van der Waals surface area contributed by atoms with Crippen molar-refractivity contribution in [2.45, 2.75) is 25.9 Å². The Morgan fingerprint density at radius 1 is 1.31 bits per heavy atom. The summed E-state index contributed by atoms with van der Waals surface area (Å²) in [6.07, 6.45) is 8.57. The topological polar surface area (TPSA) is 3.24 Å². The van der Waals surface area contributed by atoms with Gasteiger partial charge in [-0.25, -0.2) is 0 Å².